The molecular formula is C13H13F5N2O4S. The van der Waals surface area contributed by atoms with Gasteiger partial charge in [0.1, 0.15) is 6.04 Å². The Kier molecular flexibility index (Phi) is 6.57. The van der Waals surface area contributed by atoms with Gasteiger partial charge in [-0.25, -0.2) is 4.79 Å². The number of hydrogen-bond donors (Lipinski definition) is 2. The van der Waals surface area contributed by atoms with Crippen LogP contribution in [-0.2, 0) is 10.7 Å². The molecule has 0 radical (unpaired) electrons. The summed E-state index contributed by atoms with van der Waals surface area (Å²) in [6, 6.07) is -0.140. The second kappa shape index (κ2) is 7.85. The van der Waals surface area contributed by atoms with Crippen LogP contribution in [0.5, 0.6) is 0 Å². The van der Waals surface area contributed by atoms with E-state index in [1.807, 2.05) is 0 Å². The number of rotatable bonds is 8. The first-order valence-corrected chi connectivity index (χ1v) is 8.02. The fraction of sp³-hybridized carbons (Fsp3) is 0.462. The Balaban J connectivity index is 3.32. The van der Waals surface area contributed by atoms with Gasteiger partial charge in [-0.3, -0.25) is 10.1 Å². The number of carbonyl (C=O) groups is 1. The number of aliphatic carboxylic acids is 1. The number of hydrogen-bond acceptors (Lipinski definition) is 5. The number of halogens is 5. The average Bonchev–Trinajstić information content (AvgIpc) is 2.49. The lowest BCUT2D eigenvalue weighted by Gasteiger charge is -2.21. The lowest BCUT2D eigenvalue weighted by molar-refractivity contribution is -0.385. The highest BCUT2D eigenvalue weighted by Gasteiger charge is 2.59. The fourth-order valence-electron chi connectivity index (χ4n) is 1.84. The van der Waals surface area contributed by atoms with Gasteiger partial charge in [0.15, 0.2) is 0 Å². The van der Waals surface area contributed by atoms with Crippen LogP contribution in [0.25, 0.3) is 0 Å². The van der Waals surface area contributed by atoms with E-state index >= 15 is 0 Å². The lowest BCUT2D eigenvalue weighted by Crippen LogP contribution is -2.34. The van der Waals surface area contributed by atoms with Gasteiger partial charge in [-0.05, 0) is 24.5 Å². The summed E-state index contributed by atoms with van der Waals surface area (Å²) in [4.78, 5) is 20.8. The third-order valence-electron chi connectivity index (χ3n) is 3.10. The van der Waals surface area contributed by atoms with Crippen LogP contribution < -0.4 is 5.32 Å². The van der Waals surface area contributed by atoms with E-state index in [0.29, 0.717) is 17.9 Å². The van der Waals surface area contributed by atoms with Crippen molar-refractivity contribution >= 4 is 29.1 Å². The topological polar surface area (TPSA) is 92.5 Å². The van der Waals surface area contributed by atoms with E-state index in [1.54, 1.807) is 6.26 Å². The van der Waals surface area contributed by atoms with Gasteiger partial charge in [-0.2, -0.15) is 33.7 Å². The number of anilines is 1. The van der Waals surface area contributed by atoms with Crippen molar-refractivity contribution < 1.29 is 36.8 Å². The molecule has 0 amide bonds. The monoisotopic (exact) mass is 388 g/mol. The minimum absolute atomic E-state index is 0.0319. The molecule has 2 N–H and O–H groups in total. The molecule has 0 fully saturated rings. The van der Waals surface area contributed by atoms with Crippen LogP contribution in [0, 0.1) is 10.1 Å². The predicted molar refractivity (Wildman–Crippen MR) is 81.1 cm³/mol. The van der Waals surface area contributed by atoms with Crippen molar-refractivity contribution in [1.82, 2.24) is 0 Å². The summed E-state index contributed by atoms with van der Waals surface area (Å²) in [5, 5.41) is 22.1. The molecule has 0 aliphatic heterocycles. The molecule has 1 atom stereocenters. The summed E-state index contributed by atoms with van der Waals surface area (Å²) in [5.41, 5.74) is -3.18. The van der Waals surface area contributed by atoms with Gasteiger partial charge < -0.3 is 10.4 Å². The molecular weight excluding hydrogens is 375 g/mol. The Morgan fingerprint density at radius 2 is 1.92 bits per heavy atom. The van der Waals surface area contributed by atoms with Gasteiger partial charge in [0.2, 0.25) is 0 Å². The van der Waals surface area contributed by atoms with Crippen LogP contribution in [0.2, 0.25) is 0 Å². The first-order chi connectivity index (χ1) is 11.4. The summed E-state index contributed by atoms with van der Waals surface area (Å²) in [7, 11) is 0. The van der Waals surface area contributed by atoms with Crippen molar-refractivity contribution in [3.8, 4) is 0 Å². The summed E-state index contributed by atoms with van der Waals surface area (Å²) >= 11 is 1.30. The summed E-state index contributed by atoms with van der Waals surface area (Å²) in [6.07, 6.45) is -4.23. The molecule has 0 saturated carbocycles. The largest absolute Gasteiger partial charge is 0.480 e. The molecule has 0 aliphatic rings. The van der Waals surface area contributed by atoms with Gasteiger partial charge in [0.05, 0.1) is 4.92 Å². The van der Waals surface area contributed by atoms with E-state index in [2.05, 4.69) is 5.32 Å². The number of nitro groups is 1. The number of carboxylic acid groups (broad SMARTS) is 1. The van der Waals surface area contributed by atoms with Crippen LogP contribution in [0.3, 0.4) is 0 Å². The van der Waals surface area contributed by atoms with Crippen molar-refractivity contribution in [2.75, 3.05) is 17.3 Å². The maximum Gasteiger partial charge on any atom is 0.458 e. The molecule has 12 heteroatoms. The Labute approximate surface area is 142 Å². The summed E-state index contributed by atoms with van der Waals surface area (Å²) in [6.45, 7) is 0. The third-order valence-corrected chi connectivity index (χ3v) is 3.74. The lowest BCUT2D eigenvalue weighted by atomic mass is 10.1. The van der Waals surface area contributed by atoms with Crippen molar-refractivity contribution in [2.24, 2.45) is 0 Å². The molecule has 0 saturated heterocycles. The normalized spacial score (nSPS) is 13.4. The standard InChI is InChI=1S/C13H13F5N2O4S/c1-25-3-2-10(11(21)22)19-8-4-7(5-9(6-8)20(23)24)12(14,15)13(16,17)18/h4-6,10,19H,2-3H2,1H3,(H,21,22)/t10-/m0/s1. The Hall–Kier alpha value is -2.11. The van der Waals surface area contributed by atoms with Crippen LogP contribution in [-0.4, -0.2) is 40.2 Å². The number of nitrogens with one attached hydrogen (secondary N) is 1. The van der Waals surface area contributed by atoms with E-state index in [9.17, 15) is 36.9 Å². The molecule has 25 heavy (non-hydrogen) atoms. The summed E-state index contributed by atoms with van der Waals surface area (Å²) in [5.74, 6) is -6.33. The maximum atomic E-state index is 13.5. The second-order valence-corrected chi connectivity index (χ2v) is 5.90. The highest BCUT2D eigenvalue weighted by atomic mass is 32.2. The molecule has 0 bridgehead atoms. The van der Waals surface area contributed by atoms with Crippen LogP contribution in [0.1, 0.15) is 12.0 Å². The first kappa shape index (κ1) is 20.9. The molecule has 1 aromatic carbocycles. The SMILES string of the molecule is CSCC[C@H](Nc1cc([N+](=O)[O-])cc(C(F)(F)C(F)(F)F)c1)C(=O)O. The van der Waals surface area contributed by atoms with Crippen LogP contribution in [0.15, 0.2) is 18.2 Å². The smallest absolute Gasteiger partial charge is 0.458 e. The van der Waals surface area contributed by atoms with Gasteiger partial charge >= 0.3 is 18.1 Å². The first-order valence-electron chi connectivity index (χ1n) is 6.63. The van der Waals surface area contributed by atoms with Gasteiger partial charge in [-0.1, -0.05) is 0 Å². The third kappa shape index (κ3) is 5.18. The highest BCUT2D eigenvalue weighted by Crippen LogP contribution is 2.45. The van der Waals surface area contributed by atoms with E-state index in [0.717, 1.165) is 0 Å². The van der Waals surface area contributed by atoms with E-state index < -0.39 is 46.0 Å². The number of nitrogens with zero attached hydrogens (tertiary/aromatic N) is 1. The molecule has 140 valence electrons. The zero-order chi connectivity index (χ0) is 19.4. The van der Waals surface area contributed by atoms with E-state index in [1.165, 1.54) is 11.8 Å². The van der Waals surface area contributed by atoms with Crippen molar-refractivity contribution in [2.45, 2.75) is 24.6 Å². The highest BCUT2D eigenvalue weighted by molar-refractivity contribution is 7.98. The molecule has 1 rings (SSSR count). The van der Waals surface area contributed by atoms with Crippen LogP contribution >= 0.6 is 11.8 Å². The molecule has 0 heterocycles. The van der Waals surface area contributed by atoms with Crippen LogP contribution in [0.4, 0.5) is 33.3 Å². The Bertz CT molecular complexity index is 654. The number of carboxylic acids is 1. The minimum Gasteiger partial charge on any atom is -0.480 e. The van der Waals surface area contributed by atoms with Gasteiger partial charge in [0, 0.05) is 23.4 Å². The Morgan fingerprint density at radius 3 is 2.36 bits per heavy atom. The van der Waals surface area contributed by atoms with E-state index in [4.69, 9.17) is 5.11 Å². The van der Waals surface area contributed by atoms with Gasteiger partial charge in [-0.15, -0.1) is 0 Å². The Morgan fingerprint density at radius 1 is 1.32 bits per heavy atom. The van der Waals surface area contributed by atoms with E-state index in [-0.39, 0.29) is 12.5 Å². The molecule has 0 aromatic heterocycles. The minimum atomic E-state index is -5.95. The molecule has 1 aromatic rings. The number of thioether (sulfide) groups is 1. The number of non-ortho nitro benzene ring substituents is 1. The van der Waals surface area contributed by atoms with Crippen molar-refractivity contribution in [3.63, 3.8) is 0 Å². The number of benzene rings is 1. The maximum absolute atomic E-state index is 13.5. The fourth-order valence-corrected chi connectivity index (χ4v) is 2.31. The molecule has 0 spiro atoms. The predicted octanol–water partition coefficient (Wildman–Crippen LogP) is 3.87. The second-order valence-electron chi connectivity index (χ2n) is 4.91. The average molecular weight is 388 g/mol. The zero-order valence-corrected chi connectivity index (χ0v) is 13.5. The van der Waals surface area contributed by atoms with Gasteiger partial charge in [0.25, 0.3) is 5.69 Å². The molecule has 6 nitrogen and oxygen atoms in total. The van der Waals surface area contributed by atoms with Crippen molar-refractivity contribution in [3.05, 3.63) is 33.9 Å². The molecule has 0 aliphatic carbocycles. The quantitative estimate of drug-likeness (QED) is 0.399. The summed E-state index contributed by atoms with van der Waals surface area (Å²) < 4.78 is 64.5. The molecule has 0 unspecified atom stereocenters. The van der Waals surface area contributed by atoms with Crippen molar-refractivity contribution in [1.29, 1.82) is 0 Å². The number of nitro benzene ring substituents is 1. The number of alkyl halides is 5. The zero-order valence-electron chi connectivity index (χ0n) is 12.6.